The molecule has 0 bridgehead atoms. The molecular formula is C25H30N2O2. The van der Waals surface area contributed by atoms with E-state index in [0.29, 0.717) is 12.5 Å². The molecule has 1 atom stereocenters. The summed E-state index contributed by atoms with van der Waals surface area (Å²) in [6.45, 7) is 2.56. The minimum Gasteiger partial charge on any atom is -0.487 e. The molecule has 1 unspecified atom stereocenters. The van der Waals surface area contributed by atoms with Crippen LogP contribution in [0.15, 0.2) is 54.6 Å². The first-order valence-corrected chi connectivity index (χ1v) is 10.8. The van der Waals surface area contributed by atoms with Crippen molar-refractivity contribution in [3.63, 3.8) is 0 Å². The smallest absolute Gasteiger partial charge is 0.130 e. The van der Waals surface area contributed by atoms with Gasteiger partial charge in [0.25, 0.3) is 0 Å². The molecule has 3 aromatic rings. The fraction of sp³-hybridized carbons (Fsp3) is 0.400. The van der Waals surface area contributed by atoms with Gasteiger partial charge in [0.15, 0.2) is 0 Å². The van der Waals surface area contributed by atoms with Crippen LogP contribution in [0.25, 0.3) is 10.9 Å². The Hall–Kier alpha value is -2.43. The quantitative estimate of drug-likeness (QED) is 0.488. The van der Waals surface area contributed by atoms with E-state index in [4.69, 9.17) is 20.5 Å². The van der Waals surface area contributed by atoms with Crippen LogP contribution in [0.1, 0.15) is 74.3 Å². The van der Waals surface area contributed by atoms with Gasteiger partial charge < -0.3 is 4.74 Å². The van der Waals surface area contributed by atoms with Crippen LogP contribution in [0.5, 0.6) is 5.75 Å². The Labute approximate surface area is 173 Å². The summed E-state index contributed by atoms with van der Waals surface area (Å²) in [5.74, 6) is 7.02. The van der Waals surface area contributed by atoms with Gasteiger partial charge in [-0.05, 0) is 60.6 Å². The Morgan fingerprint density at radius 3 is 2.66 bits per heavy atom. The molecule has 0 aliphatic heterocycles. The Balaban J connectivity index is 1.58. The molecule has 4 nitrogen and oxygen atoms in total. The van der Waals surface area contributed by atoms with Crippen molar-refractivity contribution >= 4 is 10.9 Å². The van der Waals surface area contributed by atoms with E-state index < -0.39 is 0 Å². The van der Waals surface area contributed by atoms with Crippen molar-refractivity contribution in [1.29, 1.82) is 0 Å². The number of nitrogens with zero attached hydrogens (tertiary/aromatic N) is 1. The van der Waals surface area contributed by atoms with E-state index in [9.17, 15) is 0 Å². The normalized spacial score (nSPS) is 16.1. The molecule has 2 aromatic carbocycles. The van der Waals surface area contributed by atoms with Crippen molar-refractivity contribution in [2.24, 2.45) is 5.90 Å². The number of pyridine rings is 1. The van der Waals surface area contributed by atoms with Crippen LogP contribution in [0, 0.1) is 0 Å². The molecule has 1 heterocycles. The summed E-state index contributed by atoms with van der Waals surface area (Å²) in [4.78, 5) is 9.93. The van der Waals surface area contributed by atoms with Gasteiger partial charge in [0.2, 0.25) is 0 Å². The van der Waals surface area contributed by atoms with Gasteiger partial charge in [-0.3, -0.25) is 4.84 Å². The van der Waals surface area contributed by atoms with Gasteiger partial charge in [-0.2, -0.15) is 0 Å². The Morgan fingerprint density at radius 2 is 1.86 bits per heavy atom. The van der Waals surface area contributed by atoms with Crippen molar-refractivity contribution in [1.82, 2.24) is 4.98 Å². The monoisotopic (exact) mass is 390 g/mol. The van der Waals surface area contributed by atoms with Crippen LogP contribution < -0.4 is 10.6 Å². The molecular weight excluding hydrogens is 360 g/mol. The molecule has 1 fully saturated rings. The molecule has 0 radical (unpaired) electrons. The van der Waals surface area contributed by atoms with Gasteiger partial charge >= 0.3 is 0 Å². The summed E-state index contributed by atoms with van der Waals surface area (Å²) >= 11 is 0. The van der Waals surface area contributed by atoms with E-state index in [1.165, 1.54) is 37.7 Å². The minimum absolute atomic E-state index is 0.0754. The zero-order chi connectivity index (χ0) is 20.1. The van der Waals surface area contributed by atoms with Crippen LogP contribution in [0.3, 0.4) is 0 Å². The maximum Gasteiger partial charge on any atom is 0.130 e. The molecule has 1 aliphatic rings. The highest BCUT2D eigenvalue weighted by atomic mass is 16.6. The number of hydrogen-bond acceptors (Lipinski definition) is 4. The third-order valence-corrected chi connectivity index (χ3v) is 6.02. The van der Waals surface area contributed by atoms with E-state index in [1.54, 1.807) is 0 Å². The molecule has 0 spiro atoms. The number of aromatic nitrogens is 1. The van der Waals surface area contributed by atoms with Crippen molar-refractivity contribution < 1.29 is 9.57 Å². The van der Waals surface area contributed by atoms with E-state index in [0.717, 1.165) is 34.3 Å². The lowest BCUT2D eigenvalue weighted by Crippen LogP contribution is -2.12. The third-order valence-electron chi connectivity index (χ3n) is 6.02. The van der Waals surface area contributed by atoms with Gasteiger partial charge in [-0.15, -0.1) is 0 Å². The number of nitrogens with two attached hydrogens (primary N) is 1. The van der Waals surface area contributed by atoms with Gasteiger partial charge in [-0.25, -0.2) is 10.9 Å². The zero-order valence-electron chi connectivity index (χ0n) is 17.1. The molecule has 2 N–H and O–H groups in total. The highest BCUT2D eigenvalue weighted by Crippen LogP contribution is 2.39. The van der Waals surface area contributed by atoms with Gasteiger partial charge in [-0.1, -0.05) is 56.5 Å². The standard InChI is InChI=1S/C25H30N2O2/c1-2-24(29-26)20-13-15-25(22(16-20)18-8-4-3-5-9-18)28-17-21-14-12-19-10-6-7-11-23(19)27-21/h6-7,10-16,18,24H,2-5,8-9,17,26H2,1H3. The lowest BCUT2D eigenvalue weighted by molar-refractivity contribution is 0.0499. The number of ether oxygens (including phenoxy) is 1. The molecule has 1 aromatic heterocycles. The number of benzene rings is 2. The first-order valence-electron chi connectivity index (χ1n) is 10.8. The summed E-state index contributed by atoms with van der Waals surface area (Å²) in [5.41, 5.74) is 4.37. The van der Waals surface area contributed by atoms with Crippen LogP contribution in [0.4, 0.5) is 0 Å². The van der Waals surface area contributed by atoms with Crippen LogP contribution in [-0.2, 0) is 11.4 Å². The highest BCUT2D eigenvalue weighted by Gasteiger charge is 2.21. The average Bonchev–Trinajstić information content (AvgIpc) is 2.79. The first kappa shape index (κ1) is 19.9. The molecule has 0 saturated heterocycles. The summed E-state index contributed by atoms with van der Waals surface area (Å²) in [5, 5.41) is 1.15. The predicted molar refractivity (Wildman–Crippen MR) is 117 cm³/mol. The molecule has 29 heavy (non-hydrogen) atoms. The SMILES string of the molecule is CCC(ON)c1ccc(OCc2ccc3ccccc3n2)c(C2CCCCC2)c1. The molecule has 4 rings (SSSR count). The Bertz CT molecular complexity index is 946. The average molecular weight is 391 g/mol. The predicted octanol–water partition coefficient (Wildman–Crippen LogP) is 6.20. The van der Waals surface area contributed by atoms with Gasteiger partial charge in [0.05, 0.1) is 11.2 Å². The first-order chi connectivity index (χ1) is 14.3. The van der Waals surface area contributed by atoms with Gasteiger partial charge in [0, 0.05) is 5.39 Å². The summed E-state index contributed by atoms with van der Waals surface area (Å²) < 4.78 is 6.29. The van der Waals surface area contributed by atoms with E-state index in [1.807, 2.05) is 24.3 Å². The second kappa shape index (κ2) is 9.38. The summed E-state index contributed by atoms with van der Waals surface area (Å²) in [6.07, 6.45) is 7.10. The summed E-state index contributed by atoms with van der Waals surface area (Å²) in [6, 6.07) is 18.7. The maximum atomic E-state index is 6.29. The zero-order valence-corrected chi connectivity index (χ0v) is 17.1. The second-order valence-corrected chi connectivity index (χ2v) is 7.95. The topological polar surface area (TPSA) is 57.4 Å². The number of fused-ring (bicyclic) bond motifs is 1. The number of para-hydroxylation sites is 1. The van der Waals surface area contributed by atoms with E-state index in [-0.39, 0.29) is 6.10 Å². The summed E-state index contributed by atoms with van der Waals surface area (Å²) in [7, 11) is 0. The van der Waals surface area contributed by atoms with Crippen LogP contribution in [0.2, 0.25) is 0 Å². The fourth-order valence-electron chi connectivity index (χ4n) is 4.38. The van der Waals surface area contributed by atoms with Crippen molar-refractivity contribution in [3.05, 3.63) is 71.4 Å². The number of hydrogen-bond donors (Lipinski definition) is 1. The molecule has 1 aliphatic carbocycles. The van der Waals surface area contributed by atoms with Crippen molar-refractivity contribution in [2.75, 3.05) is 0 Å². The lowest BCUT2D eigenvalue weighted by Gasteiger charge is -2.26. The van der Waals surface area contributed by atoms with Crippen LogP contribution >= 0.6 is 0 Å². The molecule has 4 heteroatoms. The molecule has 1 saturated carbocycles. The van der Waals surface area contributed by atoms with E-state index in [2.05, 4.69) is 37.3 Å². The molecule has 152 valence electrons. The van der Waals surface area contributed by atoms with Crippen molar-refractivity contribution in [3.8, 4) is 5.75 Å². The van der Waals surface area contributed by atoms with Crippen LogP contribution in [-0.4, -0.2) is 4.98 Å². The fourth-order valence-corrected chi connectivity index (χ4v) is 4.38. The second-order valence-electron chi connectivity index (χ2n) is 7.95. The maximum absolute atomic E-state index is 6.29. The lowest BCUT2D eigenvalue weighted by atomic mass is 9.82. The highest BCUT2D eigenvalue weighted by molar-refractivity contribution is 5.78. The molecule has 0 amide bonds. The largest absolute Gasteiger partial charge is 0.487 e. The Morgan fingerprint density at radius 1 is 1.03 bits per heavy atom. The number of rotatable bonds is 7. The van der Waals surface area contributed by atoms with E-state index >= 15 is 0 Å². The Kier molecular flexibility index (Phi) is 6.43. The van der Waals surface area contributed by atoms with Crippen molar-refractivity contribution in [2.45, 2.75) is 64.1 Å². The minimum atomic E-state index is -0.0754. The third kappa shape index (κ3) is 4.60. The van der Waals surface area contributed by atoms with Gasteiger partial charge in [0.1, 0.15) is 18.5 Å².